The zero-order chi connectivity index (χ0) is 6.69. The molecule has 0 bridgehead atoms. The lowest BCUT2D eigenvalue weighted by atomic mass is 10.2. The number of aryl methyl sites for hydroxylation is 1. The van der Waals surface area contributed by atoms with Crippen molar-refractivity contribution in [1.82, 2.24) is 0 Å². The van der Waals surface area contributed by atoms with Crippen molar-refractivity contribution in [2.45, 2.75) is 6.92 Å². The lowest BCUT2D eigenvalue weighted by Gasteiger charge is -1.91. The zero-order valence-electron chi connectivity index (χ0n) is 6.17. The molecule has 0 aliphatic heterocycles. The first-order chi connectivity index (χ1) is 4.33. The molecule has 0 atom stereocenters. The molecular formula is C9H10B. The highest BCUT2D eigenvalue weighted by Gasteiger charge is 1.82. The van der Waals surface area contributed by atoms with Crippen LogP contribution < -0.4 is 0 Å². The zero-order valence-corrected chi connectivity index (χ0v) is 6.17. The van der Waals surface area contributed by atoms with Gasteiger partial charge in [0.2, 0.25) is 0 Å². The van der Waals surface area contributed by atoms with Gasteiger partial charge in [-0.25, -0.2) is 0 Å². The van der Waals surface area contributed by atoms with E-state index in [0.29, 0.717) is 0 Å². The molecule has 1 aromatic carbocycles. The van der Waals surface area contributed by atoms with Crippen LogP contribution in [0.4, 0.5) is 0 Å². The minimum Gasteiger partial charge on any atom is -0.0985 e. The smallest absolute Gasteiger partial charge is 0 e. The number of benzene rings is 1. The van der Waals surface area contributed by atoms with Gasteiger partial charge in [-0.2, -0.15) is 0 Å². The molecule has 0 spiro atoms. The Kier molecular flexibility index (Phi) is 3.56. The Bertz CT molecular complexity index is 198. The van der Waals surface area contributed by atoms with E-state index in [4.69, 9.17) is 0 Å². The van der Waals surface area contributed by atoms with Gasteiger partial charge in [0.25, 0.3) is 0 Å². The molecule has 0 saturated carbocycles. The van der Waals surface area contributed by atoms with Crippen LogP contribution in [0.2, 0.25) is 0 Å². The molecule has 10 heavy (non-hydrogen) atoms. The first-order valence-electron chi connectivity index (χ1n) is 3.02. The SMILES string of the molecule is C=Cc1ccc(C)cc1.[B]. The van der Waals surface area contributed by atoms with Crippen LogP contribution >= 0.6 is 0 Å². The predicted octanol–water partition coefficient (Wildman–Crippen LogP) is 2.26. The second-order valence-electron chi connectivity index (χ2n) is 2.11. The summed E-state index contributed by atoms with van der Waals surface area (Å²) in [7, 11) is 0. The molecule has 0 amide bonds. The number of hydrogen-bond donors (Lipinski definition) is 0. The third kappa shape index (κ3) is 2.10. The summed E-state index contributed by atoms with van der Waals surface area (Å²) < 4.78 is 0. The fourth-order valence-corrected chi connectivity index (χ4v) is 0.703. The molecule has 0 aromatic heterocycles. The van der Waals surface area contributed by atoms with Gasteiger partial charge in [0.1, 0.15) is 0 Å². The van der Waals surface area contributed by atoms with Crippen LogP contribution in [-0.4, -0.2) is 8.41 Å². The van der Waals surface area contributed by atoms with Gasteiger partial charge in [0, 0.05) is 8.41 Å². The van der Waals surface area contributed by atoms with Crippen molar-refractivity contribution in [1.29, 1.82) is 0 Å². The van der Waals surface area contributed by atoms with Gasteiger partial charge >= 0.3 is 0 Å². The predicted molar refractivity (Wildman–Crippen MR) is 47.0 cm³/mol. The molecule has 0 nitrogen and oxygen atoms in total. The van der Waals surface area contributed by atoms with E-state index < -0.39 is 0 Å². The molecule has 1 aromatic rings. The molecule has 0 saturated heterocycles. The minimum atomic E-state index is 0. The molecule has 0 heterocycles. The summed E-state index contributed by atoms with van der Waals surface area (Å²) in [5, 5.41) is 0. The Balaban J connectivity index is 0.000000810. The fraction of sp³-hybridized carbons (Fsp3) is 0.111. The monoisotopic (exact) mass is 129 g/mol. The molecule has 0 unspecified atom stereocenters. The standard InChI is InChI=1S/C9H10.B/c1-3-9-6-4-8(2)5-7-9;/h3-7H,1H2,2H3;. The van der Waals surface area contributed by atoms with Crippen molar-refractivity contribution in [2.75, 3.05) is 0 Å². The van der Waals surface area contributed by atoms with Gasteiger partial charge in [-0.1, -0.05) is 42.5 Å². The Morgan fingerprint density at radius 2 is 1.70 bits per heavy atom. The van der Waals surface area contributed by atoms with Gasteiger partial charge in [-0.05, 0) is 12.5 Å². The van der Waals surface area contributed by atoms with Crippen molar-refractivity contribution < 1.29 is 0 Å². The summed E-state index contributed by atoms with van der Waals surface area (Å²) in [6.07, 6.45) is 1.85. The van der Waals surface area contributed by atoms with E-state index in [9.17, 15) is 0 Å². The van der Waals surface area contributed by atoms with E-state index >= 15 is 0 Å². The summed E-state index contributed by atoms with van der Waals surface area (Å²) in [5.74, 6) is 0. The average molecular weight is 129 g/mol. The highest BCUT2D eigenvalue weighted by molar-refractivity contribution is 5.75. The summed E-state index contributed by atoms with van der Waals surface area (Å²) in [4.78, 5) is 0. The van der Waals surface area contributed by atoms with Crippen LogP contribution in [0.15, 0.2) is 30.8 Å². The second kappa shape index (κ2) is 3.94. The molecule has 0 aliphatic carbocycles. The quantitative estimate of drug-likeness (QED) is 0.510. The lowest BCUT2D eigenvalue weighted by molar-refractivity contribution is 1.46. The molecule has 1 heteroatoms. The molecule has 0 aliphatic rings. The third-order valence-corrected chi connectivity index (χ3v) is 1.31. The fourth-order valence-electron chi connectivity index (χ4n) is 0.703. The summed E-state index contributed by atoms with van der Waals surface area (Å²) in [6.45, 7) is 5.74. The number of hydrogen-bond acceptors (Lipinski definition) is 0. The van der Waals surface area contributed by atoms with E-state index in [0.717, 1.165) is 0 Å². The van der Waals surface area contributed by atoms with E-state index in [1.54, 1.807) is 0 Å². The summed E-state index contributed by atoms with van der Waals surface area (Å²) in [5.41, 5.74) is 2.47. The maximum atomic E-state index is 3.66. The normalized spacial score (nSPS) is 8.10. The number of rotatable bonds is 1. The van der Waals surface area contributed by atoms with E-state index in [2.05, 4.69) is 37.8 Å². The van der Waals surface area contributed by atoms with Crippen molar-refractivity contribution >= 4 is 14.5 Å². The van der Waals surface area contributed by atoms with Crippen LogP contribution in [0, 0.1) is 6.92 Å². The first-order valence-corrected chi connectivity index (χ1v) is 3.02. The molecule has 3 radical (unpaired) electrons. The van der Waals surface area contributed by atoms with E-state index in [1.165, 1.54) is 11.1 Å². The van der Waals surface area contributed by atoms with Crippen LogP contribution in [0.3, 0.4) is 0 Å². The van der Waals surface area contributed by atoms with Crippen LogP contribution in [0.25, 0.3) is 6.08 Å². The minimum absolute atomic E-state index is 0. The second-order valence-corrected chi connectivity index (χ2v) is 2.11. The first kappa shape index (κ1) is 9.02. The third-order valence-electron chi connectivity index (χ3n) is 1.31. The Morgan fingerprint density at radius 1 is 1.20 bits per heavy atom. The maximum Gasteiger partial charge on any atom is 0 e. The Morgan fingerprint density at radius 3 is 2.10 bits per heavy atom. The van der Waals surface area contributed by atoms with Gasteiger partial charge in [0.05, 0.1) is 0 Å². The van der Waals surface area contributed by atoms with Crippen molar-refractivity contribution in [3.63, 3.8) is 0 Å². The molecule has 1 rings (SSSR count). The lowest BCUT2D eigenvalue weighted by Crippen LogP contribution is -1.71. The van der Waals surface area contributed by atoms with Gasteiger partial charge in [-0.3, -0.25) is 0 Å². The van der Waals surface area contributed by atoms with Crippen LogP contribution in [0.5, 0.6) is 0 Å². The Hall–Kier alpha value is -0.975. The van der Waals surface area contributed by atoms with Gasteiger partial charge < -0.3 is 0 Å². The van der Waals surface area contributed by atoms with Crippen molar-refractivity contribution in [2.24, 2.45) is 0 Å². The maximum absolute atomic E-state index is 3.66. The molecule has 0 fully saturated rings. The molecule has 0 N–H and O–H groups in total. The summed E-state index contributed by atoms with van der Waals surface area (Å²) in [6, 6.07) is 8.28. The topological polar surface area (TPSA) is 0 Å². The van der Waals surface area contributed by atoms with E-state index in [1.807, 2.05) is 6.08 Å². The largest absolute Gasteiger partial charge is 0.0985 e. The van der Waals surface area contributed by atoms with Crippen molar-refractivity contribution in [3.05, 3.63) is 42.0 Å². The van der Waals surface area contributed by atoms with Gasteiger partial charge in [0.15, 0.2) is 0 Å². The summed E-state index contributed by atoms with van der Waals surface area (Å²) >= 11 is 0. The van der Waals surface area contributed by atoms with E-state index in [-0.39, 0.29) is 8.41 Å². The highest BCUT2D eigenvalue weighted by Crippen LogP contribution is 2.02. The Labute approximate surface area is 64.2 Å². The van der Waals surface area contributed by atoms with Crippen molar-refractivity contribution in [3.8, 4) is 0 Å². The van der Waals surface area contributed by atoms with Crippen LogP contribution in [0.1, 0.15) is 11.1 Å². The highest BCUT2D eigenvalue weighted by atomic mass is 13.9. The van der Waals surface area contributed by atoms with Crippen LogP contribution in [-0.2, 0) is 0 Å². The molecule has 49 valence electrons. The average Bonchev–Trinajstić information content (AvgIpc) is 1.90. The van der Waals surface area contributed by atoms with Gasteiger partial charge in [-0.15, -0.1) is 0 Å². The molecular weight excluding hydrogens is 119 g/mol.